The van der Waals surface area contributed by atoms with E-state index < -0.39 is 0 Å². The van der Waals surface area contributed by atoms with Gasteiger partial charge in [0.2, 0.25) is 0 Å². The van der Waals surface area contributed by atoms with E-state index in [2.05, 4.69) is 39.8 Å². The molecule has 0 atom stereocenters. The first-order valence-electron chi connectivity index (χ1n) is 7.88. The Morgan fingerprint density at radius 1 is 0.952 bits per heavy atom. The Morgan fingerprint density at radius 2 is 1.52 bits per heavy atom. The van der Waals surface area contributed by atoms with Gasteiger partial charge in [-0.3, -0.25) is 0 Å². The van der Waals surface area contributed by atoms with Crippen LogP contribution in [0.15, 0.2) is 12.2 Å². The van der Waals surface area contributed by atoms with E-state index in [1.165, 1.54) is 0 Å². The Bertz CT molecular complexity index is 308. The van der Waals surface area contributed by atoms with Gasteiger partial charge in [-0.05, 0) is 53.4 Å². The highest BCUT2D eigenvalue weighted by Crippen LogP contribution is 2.37. The van der Waals surface area contributed by atoms with E-state index in [0.717, 1.165) is 32.0 Å². The zero-order valence-corrected chi connectivity index (χ0v) is 14.5. The van der Waals surface area contributed by atoms with Crippen molar-refractivity contribution in [2.24, 2.45) is 0 Å². The Labute approximate surface area is 130 Å². The van der Waals surface area contributed by atoms with Crippen LogP contribution in [0.5, 0.6) is 0 Å². The molecule has 122 valence electrons. The van der Waals surface area contributed by atoms with Crippen molar-refractivity contribution in [3.05, 3.63) is 12.2 Å². The van der Waals surface area contributed by atoms with Crippen molar-refractivity contribution in [1.82, 2.24) is 0 Å². The van der Waals surface area contributed by atoms with Gasteiger partial charge in [-0.2, -0.15) is 0 Å². The second-order valence-corrected chi connectivity index (χ2v) is 6.58. The normalized spacial score (nSPS) is 20.8. The fourth-order valence-electron chi connectivity index (χ4n) is 2.29. The van der Waals surface area contributed by atoms with Crippen LogP contribution in [0, 0.1) is 0 Å². The van der Waals surface area contributed by atoms with Gasteiger partial charge < -0.3 is 18.8 Å². The molecule has 0 spiro atoms. The molecule has 1 heterocycles. The van der Waals surface area contributed by atoms with E-state index in [1.54, 1.807) is 14.2 Å². The van der Waals surface area contributed by atoms with Crippen LogP contribution in [-0.2, 0) is 18.8 Å². The highest BCUT2D eigenvalue weighted by Gasteiger charge is 2.50. The summed E-state index contributed by atoms with van der Waals surface area (Å²) in [6.45, 7) is 8.33. The minimum Gasteiger partial charge on any atom is -0.403 e. The van der Waals surface area contributed by atoms with E-state index in [1.807, 2.05) is 0 Å². The van der Waals surface area contributed by atoms with Crippen molar-refractivity contribution in [2.75, 3.05) is 14.2 Å². The number of hydrogen-bond acceptors (Lipinski definition) is 4. The second-order valence-electron chi connectivity index (χ2n) is 6.58. The minimum absolute atomic E-state index is 0.0706. The monoisotopic (exact) mass is 298 g/mol. The summed E-state index contributed by atoms with van der Waals surface area (Å²) in [6, 6.07) is 0. The van der Waals surface area contributed by atoms with Gasteiger partial charge in [0.1, 0.15) is 0 Å². The van der Waals surface area contributed by atoms with Crippen molar-refractivity contribution in [1.29, 1.82) is 0 Å². The number of allylic oxidation sites excluding steroid dienone is 2. The highest BCUT2D eigenvalue weighted by molar-refractivity contribution is 6.46. The molecule has 1 saturated heterocycles. The second kappa shape index (κ2) is 8.32. The van der Waals surface area contributed by atoms with Crippen molar-refractivity contribution < 1.29 is 18.8 Å². The van der Waals surface area contributed by atoms with Crippen LogP contribution in [0.4, 0.5) is 0 Å². The first kappa shape index (κ1) is 18.7. The summed E-state index contributed by atoms with van der Waals surface area (Å²) in [7, 11) is 3.23. The number of methoxy groups -OCH3 is 2. The number of hydrogen-bond donors (Lipinski definition) is 0. The van der Waals surface area contributed by atoms with Gasteiger partial charge in [0.15, 0.2) is 6.29 Å². The molecule has 1 rings (SSSR count). The van der Waals surface area contributed by atoms with Crippen molar-refractivity contribution >= 4 is 7.12 Å². The molecule has 21 heavy (non-hydrogen) atoms. The third-order valence-corrected chi connectivity index (χ3v) is 4.38. The molecule has 0 amide bonds. The maximum absolute atomic E-state index is 5.95. The molecule has 0 aromatic carbocycles. The van der Waals surface area contributed by atoms with Crippen LogP contribution >= 0.6 is 0 Å². The molecule has 1 aliphatic heterocycles. The molecular formula is C16H31BO4. The van der Waals surface area contributed by atoms with Gasteiger partial charge in [0.25, 0.3) is 0 Å². The van der Waals surface area contributed by atoms with Crippen LogP contribution in [0.3, 0.4) is 0 Å². The smallest absolute Gasteiger partial charge is 0.403 e. The summed E-state index contributed by atoms with van der Waals surface area (Å²) in [5, 5.41) is 0. The van der Waals surface area contributed by atoms with Crippen LogP contribution in [-0.4, -0.2) is 38.8 Å². The fraction of sp³-hybridized carbons (Fsp3) is 0.875. The van der Waals surface area contributed by atoms with E-state index in [0.29, 0.717) is 0 Å². The molecule has 0 saturated carbocycles. The molecule has 4 nitrogen and oxygen atoms in total. The number of rotatable bonds is 9. The average Bonchev–Trinajstić information content (AvgIpc) is 2.61. The molecule has 1 aliphatic rings. The van der Waals surface area contributed by atoms with E-state index in [-0.39, 0.29) is 24.6 Å². The molecule has 1 fully saturated rings. The Balaban J connectivity index is 2.14. The molecule has 0 radical (unpaired) electrons. The van der Waals surface area contributed by atoms with Gasteiger partial charge in [-0.25, -0.2) is 0 Å². The topological polar surface area (TPSA) is 36.9 Å². The summed E-state index contributed by atoms with van der Waals surface area (Å²) in [6.07, 6.45) is 9.37. The molecule has 5 heteroatoms. The van der Waals surface area contributed by atoms with Gasteiger partial charge in [-0.15, -0.1) is 0 Å². The van der Waals surface area contributed by atoms with Gasteiger partial charge in [-0.1, -0.05) is 12.2 Å². The predicted molar refractivity (Wildman–Crippen MR) is 86.3 cm³/mol. The predicted octanol–water partition coefficient (Wildman–Crippen LogP) is 3.81. The molecular weight excluding hydrogens is 267 g/mol. The molecule has 0 unspecified atom stereocenters. The third-order valence-electron chi connectivity index (χ3n) is 4.38. The maximum atomic E-state index is 5.95. The molecule has 0 aromatic rings. The SMILES string of the molecule is COC(CCCC/C=C\CB1OC(C)(C)C(C)(C)O1)OC. The van der Waals surface area contributed by atoms with Crippen molar-refractivity contribution in [3.8, 4) is 0 Å². The first-order chi connectivity index (χ1) is 9.82. The first-order valence-corrected chi connectivity index (χ1v) is 7.88. The highest BCUT2D eigenvalue weighted by atomic mass is 16.7. The van der Waals surface area contributed by atoms with Crippen LogP contribution in [0.25, 0.3) is 0 Å². The van der Waals surface area contributed by atoms with Crippen molar-refractivity contribution in [2.45, 2.75) is 77.2 Å². The third kappa shape index (κ3) is 5.74. The summed E-state index contributed by atoms with van der Waals surface area (Å²) >= 11 is 0. The lowest BCUT2D eigenvalue weighted by molar-refractivity contribution is -0.107. The summed E-state index contributed by atoms with van der Waals surface area (Å²) in [5.41, 5.74) is -0.471. The Morgan fingerprint density at radius 3 is 2.05 bits per heavy atom. The molecule has 0 N–H and O–H groups in total. The zero-order chi connectivity index (χ0) is 15.9. The quantitative estimate of drug-likeness (QED) is 0.281. The Kier molecular flexibility index (Phi) is 7.41. The Hall–Kier alpha value is -0.355. The van der Waals surface area contributed by atoms with Crippen molar-refractivity contribution in [3.63, 3.8) is 0 Å². The van der Waals surface area contributed by atoms with Crippen LogP contribution < -0.4 is 0 Å². The molecule has 0 aliphatic carbocycles. The van der Waals surface area contributed by atoms with Crippen LogP contribution in [0.2, 0.25) is 6.32 Å². The van der Waals surface area contributed by atoms with Gasteiger partial charge in [0.05, 0.1) is 11.2 Å². The average molecular weight is 298 g/mol. The van der Waals surface area contributed by atoms with E-state index in [9.17, 15) is 0 Å². The number of unbranched alkanes of at least 4 members (excludes halogenated alkanes) is 2. The van der Waals surface area contributed by atoms with E-state index >= 15 is 0 Å². The lowest BCUT2D eigenvalue weighted by atomic mass is 9.85. The summed E-state index contributed by atoms with van der Waals surface area (Å²) < 4.78 is 22.2. The zero-order valence-electron chi connectivity index (χ0n) is 14.5. The lowest BCUT2D eigenvalue weighted by Crippen LogP contribution is -2.41. The van der Waals surface area contributed by atoms with Gasteiger partial charge in [0, 0.05) is 20.5 Å². The largest absolute Gasteiger partial charge is 0.461 e. The number of ether oxygens (including phenoxy) is 2. The molecule has 0 bridgehead atoms. The molecule has 0 aromatic heterocycles. The van der Waals surface area contributed by atoms with Crippen LogP contribution in [0.1, 0.15) is 53.4 Å². The van der Waals surface area contributed by atoms with Gasteiger partial charge >= 0.3 is 7.12 Å². The summed E-state index contributed by atoms with van der Waals surface area (Å²) in [5.74, 6) is 0. The van der Waals surface area contributed by atoms with E-state index in [4.69, 9.17) is 18.8 Å². The lowest BCUT2D eigenvalue weighted by Gasteiger charge is -2.32. The summed E-state index contributed by atoms with van der Waals surface area (Å²) in [4.78, 5) is 0. The standard InChI is InChI=1S/C16H31BO4/c1-15(2)16(3,4)21-17(20-15)13-11-9-7-8-10-12-14(18-5)19-6/h9,11,14H,7-8,10,12-13H2,1-6H3/b11-9-. The minimum atomic E-state index is -0.235. The maximum Gasteiger partial charge on any atom is 0.461 e. The fourth-order valence-corrected chi connectivity index (χ4v) is 2.29.